The zero-order chi connectivity index (χ0) is 22.1. The topological polar surface area (TPSA) is 168 Å². The number of hydrogen-bond acceptors (Lipinski definition) is 10. The van der Waals surface area contributed by atoms with E-state index in [1.807, 2.05) is 13.8 Å². The van der Waals surface area contributed by atoms with Gasteiger partial charge >= 0.3 is 15.8 Å². The first kappa shape index (κ1) is 22.3. The van der Waals surface area contributed by atoms with E-state index >= 15 is 0 Å². The fourth-order valence-corrected chi connectivity index (χ4v) is 3.89. The van der Waals surface area contributed by atoms with Gasteiger partial charge in [-0.1, -0.05) is 19.1 Å². The Hall–Kier alpha value is -2.39. The molecule has 1 aliphatic heterocycles. The molecule has 0 bridgehead atoms. The summed E-state index contributed by atoms with van der Waals surface area (Å²) < 4.78 is 42.5. The molecular weight excluding hydrogens is 422 g/mol. The molecule has 3 heterocycles. The Kier molecular flexibility index (Phi) is 6.52. The number of aromatic amines is 1. The molecule has 30 heavy (non-hydrogen) atoms. The Labute approximate surface area is 171 Å². The van der Waals surface area contributed by atoms with E-state index in [-0.39, 0.29) is 24.1 Å². The Morgan fingerprint density at radius 3 is 2.73 bits per heavy atom. The highest BCUT2D eigenvalue weighted by Gasteiger charge is 2.45. The molecular formula is C16H23N5O8S. The van der Waals surface area contributed by atoms with Crippen molar-refractivity contribution in [3.05, 3.63) is 39.3 Å². The fraction of sp³-hybridized carbons (Fsp3) is 0.625. The first-order chi connectivity index (χ1) is 14.1. The van der Waals surface area contributed by atoms with Crippen LogP contribution in [0.4, 0.5) is 0 Å². The Morgan fingerprint density at radius 2 is 2.10 bits per heavy atom. The molecule has 1 saturated heterocycles. The van der Waals surface area contributed by atoms with Crippen LogP contribution in [0.25, 0.3) is 0 Å². The summed E-state index contributed by atoms with van der Waals surface area (Å²) in [7, 11) is -2.72. The highest BCUT2D eigenvalue weighted by Crippen LogP contribution is 2.31. The van der Waals surface area contributed by atoms with Gasteiger partial charge in [0.05, 0.1) is 19.3 Å². The standard InChI is InChI=1S/C16H23N5O8S/c1-9(2)8-28-30(25,26)12-7-20(19-18-12)6-10-13(23)14(27-3)15(29-10)21-5-4-11(22)17-16(21)24/h4-5,7,9-10,13-15,23H,6,8H2,1-3H3,(H,17,22,24)/t10-,13?,14?,15-/m1/s1. The average molecular weight is 445 g/mol. The second-order valence-corrected chi connectivity index (χ2v) is 8.75. The van der Waals surface area contributed by atoms with E-state index < -0.39 is 45.9 Å². The van der Waals surface area contributed by atoms with E-state index in [4.69, 9.17) is 13.7 Å². The minimum absolute atomic E-state index is 0.00472. The second-order valence-electron chi connectivity index (χ2n) is 7.18. The van der Waals surface area contributed by atoms with Crippen LogP contribution in [0, 0.1) is 5.92 Å². The molecule has 2 unspecified atom stereocenters. The van der Waals surface area contributed by atoms with Crippen molar-refractivity contribution in [1.82, 2.24) is 24.5 Å². The molecule has 0 amide bonds. The summed E-state index contributed by atoms with van der Waals surface area (Å²) in [6.07, 6.45) is -1.60. The first-order valence-electron chi connectivity index (χ1n) is 9.09. The molecule has 0 saturated carbocycles. The van der Waals surface area contributed by atoms with Gasteiger partial charge in [-0.25, -0.2) is 9.48 Å². The Morgan fingerprint density at radius 1 is 1.37 bits per heavy atom. The molecule has 4 atom stereocenters. The maximum atomic E-state index is 12.1. The van der Waals surface area contributed by atoms with Crippen molar-refractivity contribution in [3.63, 3.8) is 0 Å². The van der Waals surface area contributed by atoms with Crippen molar-refractivity contribution >= 4 is 10.1 Å². The van der Waals surface area contributed by atoms with Gasteiger partial charge in [0.15, 0.2) is 6.23 Å². The van der Waals surface area contributed by atoms with Crippen LogP contribution in [-0.2, 0) is 30.3 Å². The number of ether oxygens (including phenoxy) is 2. The summed E-state index contributed by atoms with van der Waals surface area (Å²) in [5.74, 6) is 0.0103. The molecule has 0 spiro atoms. The molecule has 13 nitrogen and oxygen atoms in total. The van der Waals surface area contributed by atoms with Crippen molar-refractivity contribution in [1.29, 1.82) is 0 Å². The van der Waals surface area contributed by atoms with Crippen LogP contribution in [0.2, 0.25) is 0 Å². The van der Waals surface area contributed by atoms with E-state index in [9.17, 15) is 23.1 Å². The van der Waals surface area contributed by atoms with Crippen LogP contribution in [0.5, 0.6) is 0 Å². The minimum atomic E-state index is -4.06. The summed E-state index contributed by atoms with van der Waals surface area (Å²) in [4.78, 5) is 25.4. The quantitative estimate of drug-likeness (QED) is 0.454. The maximum Gasteiger partial charge on any atom is 0.330 e. The van der Waals surface area contributed by atoms with Crippen LogP contribution >= 0.6 is 0 Å². The summed E-state index contributed by atoms with van der Waals surface area (Å²) in [5.41, 5.74) is -1.30. The van der Waals surface area contributed by atoms with Gasteiger partial charge < -0.3 is 14.6 Å². The number of nitrogens with zero attached hydrogens (tertiary/aromatic N) is 4. The number of hydrogen-bond donors (Lipinski definition) is 2. The number of methoxy groups -OCH3 is 1. The molecule has 2 N–H and O–H groups in total. The van der Waals surface area contributed by atoms with E-state index in [1.54, 1.807) is 0 Å². The van der Waals surface area contributed by atoms with Gasteiger partial charge in [0.25, 0.3) is 5.56 Å². The lowest BCUT2D eigenvalue weighted by Crippen LogP contribution is -2.38. The Balaban J connectivity index is 1.77. The van der Waals surface area contributed by atoms with E-state index in [0.29, 0.717) is 0 Å². The number of aliphatic hydroxyl groups excluding tert-OH is 1. The molecule has 166 valence electrons. The van der Waals surface area contributed by atoms with Gasteiger partial charge in [0.1, 0.15) is 18.3 Å². The normalized spacial score (nSPS) is 24.6. The smallest absolute Gasteiger partial charge is 0.330 e. The minimum Gasteiger partial charge on any atom is -0.387 e. The largest absolute Gasteiger partial charge is 0.387 e. The lowest BCUT2D eigenvalue weighted by molar-refractivity contribution is -0.0566. The summed E-state index contributed by atoms with van der Waals surface area (Å²) in [5, 5.41) is 17.5. The molecule has 1 aliphatic rings. The third-order valence-corrected chi connectivity index (χ3v) is 5.55. The lowest BCUT2D eigenvalue weighted by atomic mass is 10.1. The third-order valence-electron chi connectivity index (χ3n) is 4.41. The highest BCUT2D eigenvalue weighted by atomic mass is 32.2. The highest BCUT2D eigenvalue weighted by molar-refractivity contribution is 7.86. The van der Waals surface area contributed by atoms with Gasteiger partial charge in [-0.2, -0.15) is 8.42 Å². The number of H-pyrrole nitrogens is 1. The number of rotatable bonds is 8. The van der Waals surface area contributed by atoms with Gasteiger partial charge in [-0.15, -0.1) is 5.10 Å². The maximum absolute atomic E-state index is 12.1. The molecule has 0 radical (unpaired) electrons. The monoisotopic (exact) mass is 445 g/mol. The fourth-order valence-electron chi connectivity index (χ4n) is 2.93. The number of nitrogens with one attached hydrogen (secondary N) is 1. The molecule has 2 aromatic heterocycles. The number of aromatic nitrogens is 5. The predicted molar refractivity (Wildman–Crippen MR) is 100 cm³/mol. The SMILES string of the molecule is COC1C(O)[C@@H](Cn2cc(S(=O)(=O)OCC(C)C)nn2)O[C@H]1n1ccc(=O)[nH]c1=O. The van der Waals surface area contributed by atoms with Gasteiger partial charge in [0, 0.05) is 19.4 Å². The third kappa shape index (κ3) is 4.67. The van der Waals surface area contributed by atoms with Crippen LogP contribution in [0.3, 0.4) is 0 Å². The molecule has 2 aromatic rings. The van der Waals surface area contributed by atoms with Crippen LogP contribution in [0.1, 0.15) is 20.1 Å². The number of aliphatic hydroxyl groups is 1. The average Bonchev–Trinajstić information content (AvgIpc) is 3.26. The first-order valence-corrected chi connectivity index (χ1v) is 10.5. The molecule has 1 fully saturated rings. The van der Waals surface area contributed by atoms with Crippen molar-refractivity contribution < 1.29 is 27.2 Å². The van der Waals surface area contributed by atoms with Crippen LogP contribution in [0.15, 0.2) is 33.1 Å². The van der Waals surface area contributed by atoms with Gasteiger partial charge in [0.2, 0.25) is 5.03 Å². The summed E-state index contributed by atoms with van der Waals surface area (Å²) >= 11 is 0. The second kappa shape index (κ2) is 8.77. The van der Waals surface area contributed by atoms with Crippen molar-refractivity contribution in [2.75, 3.05) is 13.7 Å². The van der Waals surface area contributed by atoms with Crippen LogP contribution < -0.4 is 11.2 Å². The van der Waals surface area contributed by atoms with Crippen molar-refractivity contribution in [3.8, 4) is 0 Å². The predicted octanol–water partition coefficient (Wildman–Crippen LogP) is -1.54. The van der Waals surface area contributed by atoms with E-state index in [2.05, 4.69) is 15.3 Å². The summed E-state index contributed by atoms with van der Waals surface area (Å²) in [6.45, 7) is 3.55. The summed E-state index contributed by atoms with van der Waals surface area (Å²) in [6, 6.07) is 1.14. The molecule has 0 aromatic carbocycles. The zero-order valence-corrected chi connectivity index (χ0v) is 17.4. The van der Waals surface area contributed by atoms with E-state index in [0.717, 1.165) is 16.8 Å². The van der Waals surface area contributed by atoms with Crippen molar-refractivity contribution in [2.45, 2.75) is 50.0 Å². The molecule has 14 heteroatoms. The van der Waals surface area contributed by atoms with Crippen LogP contribution in [-0.4, -0.2) is 70.1 Å². The zero-order valence-electron chi connectivity index (χ0n) is 16.5. The molecule has 0 aliphatic carbocycles. The van der Waals surface area contributed by atoms with E-state index in [1.165, 1.54) is 18.0 Å². The Bertz CT molecular complexity index is 1090. The van der Waals surface area contributed by atoms with Gasteiger partial charge in [-0.3, -0.25) is 18.5 Å². The van der Waals surface area contributed by atoms with Crippen molar-refractivity contribution in [2.24, 2.45) is 5.92 Å². The lowest BCUT2D eigenvalue weighted by Gasteiger charge is -2.19. The van der Waals surface area contributed by atoms with Gasteiger partial charge in [-0.05, 0) is 5.92 Å². The molecule has 3 rings (SSSR count).